The second kappa shape index (κ2) is 5.88. The maximum atomic E-state index is 14.0. The van der Waals surface area contributed by atoms with Gasteiger partial charge in [-0.1, -0.05) is 38.1 Å². The summed E-state index contributed by atoms with van der Waals surface area (Å²) in [6.45, 7) is 6.34. The van der Waals surface area contributed by atoms with Crippen LogP contribution in [0.2, 0.25) is 0 Å². The van der Waals surface area contributed by atoms with Crippen LogP contribution in [0.4, 0.5) is 4.39 Å². The largest absolute Gasteiger partial charge is 0.207 e. The molecule has 20 heavy (non-hydrogen) atoms. The summed E-state index contributed by atoms with van der Waals surface area (Å²) in [5.74, 6) is 0.151. The van der Waals surface area contributed by atoms with Gasteiger partial charge in [0.05, 0.1) is 11.6 Å². The average molecular weight is 267 g/mol. The summed E-state index contributed by atoms with van der Waals surface area (Å²) in [5, 5.41) is 8.77. The van der Waals surface area contributed by atoms with Gasteiger partial charge in [0.15, 0.2) is 0 Å². The number of nitriles is 1. The van der Waals surface area contributed by atoms with Crippen molar-refractivity contribution in [1.29, 1.82) is 5.26 Å². The van der Waals surface area contributed by atoms with Gasteiger partial charge in [-0.2, -0.15) is 5.26 Å². The first-order chi connectivity index (χ1) is 9.51. The Morgan fingerprint density at radius 1 is 1.10 bits per heavy atom. The molecule has 0 N–H and O–H groups in total. The fraction of sp³-hybridized carbons (Fsp3) is 0.278. The third kappa shape index (κ3) is 3.05. The number of rotatable bonds is 3. The van der Waals surface area contributed by atoms with Crippen molar-refractivity contribution in [2.75, 3.05) is 0 Å². The van der Waals surface area contributed by atoms with Gasteiger partial charge in [0.25, 0.3) is 0 Å². The molecule has 0 heterocycles. The lowest BCUT2D eigenvalue weighted by Crippen LogP contribution is -1.98. The zero-order chi connectivity index (χ0) is 14.7. The molecule has 102 valence electrons. The average Bonchev–Trinajstić information content (AvgIpc) is 2.42. The molecule has 0 fully saturated rings. The summed E-state index contributed by atoms with van der Waals surface area (Å²) in [5.41, 5.74) is 4.56. The van der Waals surface area contributed by atoms with Crippen LogP contribution in [-0.2, 0) is 6.42 Å². The fourth-order valence-electron chi connectivity index (χ4n) is 2.21. The van der Waals surface area contributed by atoms with E-state index in [0.29, 0.717) is 23.5 Å². The van der Waals surface area contributed by atoms with E-state index in [4.69, 9.17) is 5.26 Å². The molecule has 1 nitrogen and oxygen atoms in total. The van der Waals surface area contributed by atoms with Gasteiger partial charge in [-0.15, -0.1) is 0 Å². The van der Waals surface area contributed by atoms with E-state index in [2.05, 4.69) is 32.0 Å². The van der Waals surface area contributed by atoms with Crippen molar-refractivity contribution in [2.45, 2.75) is 33.1 Å². The van der Waals surface area contributed by atoms with Crippen molar-refractivity contribution in [2.24, 2.45) is 0 Å². The van der Waals surface area contributed by atoms with E-state index in [1.54, 1.807) is 12.1 Å². The third-order valence-corrected chi connectivity index (χ3v) is 3.60. The first kappa shape index (κ1) is 14.3. The molecule has 0 bridgehead atoms. The SMILES string of the molecule is Cc1ccc(C(C)C)cc1Cc1ccc(C#N)cc1F. The van der Waals surface area contributed by atoms with Crippen LogP contribution in [0.3, 0.4) is 0 Å². The summed E-state index contributed by atoms with van der Waals surface area (Å²) in [6.07, 6.45) is 0.559. The molecule has 0 aliphatic heterocycles. The van der Waals surface area contributed by atoms with Crippen LogP contribution in [0.1, 0.15) is 47.6 Å². The predicted molar refractivity (Wildman–Crippen MR) is 79.2 cm³/mol. The Balaban J connectivity index is 2.35. The topological polar surface area (TPSA) is 23.8 Å². The Morgan fingerprint density at radius 3 is 2.45 bits per heavy atom. The Morgan fingerprint density at radius 2 is 1.85 bits per heavy atom. The molecule has 0 radical (unpaired) electrons. The highest BCUT2D eigenvalue weighted by Crippen LogP contribution is 2.22. The van der Waals surface area contributed by atoms with Crippen LogP contribution >= 0.6 is 0 Å². The van der Waals surface area contributed by atoms with Crippen LogP contribution < -0.4 is 0 Å². The maximum absolute atomic E-state index is 14.0. The van der Waals surface area contributed by atoms with E-state index in [1.165, 1.54) is 11.6 Å². The predicted octanol–water partition coefficient (Wildman–Crippen LogP) is 4.72. The number of hydrogen-bond acceptors (Lipinski definition) is 1. The van der Waals surface area contributed by atoms with Crippen molar-refractivity contribution in [3.63, 3.8) is 0 Å². The molecule has 0 atom stereocenters. The van der Waals surface area contributed by atoms with E-state index >= 15 is 0 Å². The third-order valence-electron chi connectivity index (χ3n) is 3.60. The molecule has 2 aromatic carbocycles. The second-order valence-electron chi connectivity index (χ2n) is 5.44. The maximum Gasteiger partial charge on any atom is 0.128 e. The normalized spacial score (nSPS) is 10.6. The summed E-state index contributed by atoms with van der Waals surface area (Å²) >= 11 is 0. The Bertz CT molecular complexity index is 666. The summed E-state index contributed by atoms with van der Waals surface area (Å²) in [6, 6.07) is 13.0. The van der Waals surface area contributed by atoms with Crippen molar-refractivity contribution in [3.8, 4) is 6.07 Å². The molecule has 2 aromatic rings. The zero-order valence-corrected chi connectivity index (χ0v) is 12.1. The monoisotopic (exact) mass is 267 g/mol. The lowest BCUT2D eigenvalue weighted by molar-refractivity contribution is 0.613. The highest BCUT2D eigenvalue weighted by atomic mass is 19.1. The van der Waals surface area contributed by atoms with Crippen LogP contribution in [-0.4, -0.2) is 0 Å². The quantitative estimate of drug-likeness (QED) is 0.789. The van der Waals surface area contributed by atoms with Crippen LogP contribution in [0, 0.1) is 24.1 Å². The van der Waals surface area contributed by atoms with Crippen molar-refractivity contribution in [3.05, 3.63) is 70.0 Å². The van der Waals surface area contributed by atoms with Gasteiger partial charge in [-0.05, 0) is 47.2 Å². The summed E-state index contributed by atoms with van der Waals surface area (Å²) in [4.78, 5) is 0. The molecule has 0 aliphatic carbocycles. The van der Waals surface area contributed by atoms with Gasteiger partial charge in [0.2, 0.25) is 0 Å². The van der Waals surface area contributed by atoms with Gasteiger partial charge < -0.3 is 0 Å². The lowest BCUT2D eigenvalue weighted by atomic mass is 9.94. The molecule has 2 rings (SSSR count). The van der Waals surface area contributed by atoms with E-state index in [-0.39, 0.29) is 5.82 Å². The van der Waals surface area contributed by atoms with Crippen molar-refractivity contribution < 1.29 is 4.39 Å². The molecule has 2 heteroatoms. The lowest BCUT2D eigenvalue weighted by Gasteiger charge is -2.12. The number of halogens is 1. The van der Waals surface area contributed by atoms with Crippen molar-refractivity contribution in [1.82, 2.24) is 0 Å². The van der Waals surface area contributed by atoms with E-state index in [1.807, 2.05) is 13.0 Å². The van der Waals surface area contributed by atoms with E-state index in [9.17, 15) is 4.39 Å². The van der Waals surface area contributed by atoms with E-state index in [0.717, 1.165) is 11.1 Å². The number of benzene rings is 2. The highest BCUT2D eigenvalue weighted by molar-refractivity contribution is 5.39. The minimum atomic E-state index is -0.307. The van der Waals surface area contributed by atoms with Gasteiger partial charge >= 0.3 is 0 Å². The molecular formula is C18H18FN. The molecular weight excluding hydrogens is 249 g/mol. The molecule has 0 saturated heterocycles. The van der Waals surface area contributed by atoms with Crippen LogP contribution in [0.15, 0.2) is 36.4 Å². The fourth-order valence-corrected chi connectivity index (χ4v) is 2.21. The highest BCUT2D eigenvalue weighted by Gasteiger charge is 2.08. The van der Waals surface area contributed by atoms with Crippen LogP contribution in [0.25, 0.3) is 0 Å². The molecule has 0 amide bonds. The Labute approximate surface area is 119 Å². The molecule has 0 spiro atoms. The Hall–Kier alpha value is -2.14. The molecule has 0 saturated carbocycles. The Kier molecular flexibility index (Phi) is 4.20. The first-order valence-corrected chi connectivity index (χ1v) is 6.79. The van der Waals surface area contributed by atoms with Crippen LogP contribution in [0.5, 0.6) is 0 Å². The first-order valence-electron chi connectivity index (χ1n) is 6.79. The van der Waals surface area contributed by atoms with Gasteiger partial charge in [0, 0.05) is 6.42 Å². The van der Waals surface area contributed by atoms with Gasteiger partial charge in [0.1, 0.15) is 5.82 Å². The zero-order valence-electron chi connectivity index (χ0n) is 12.1. The number of nitrogens with zero attached hydrogens (tertiary/aromatic N) is 1. The minimum absolute atomic E-state index is 0.307. The minimum Gasteiger partial charge on any atom is -0.207 e. The van der Waals surface area contributed by atoms with Gasteiger partial charge in [-0.25, -0.2) is 4.39 Å². The molecule has 0 aliphatic rings. The summed E-state index contributed by atoms with van der Waals surface area (Å²) in [7, 11) is 0. The second-order valence-corrected chi connectivity index (χ2v) is 5.44. The number of aryl methyl sites for hydroxylation is 1. The van der Waals surface area contributed by atoms with Gasteiger partial charge in [-0.3, -0.25) is 0 Å². The summed E-state index contributed by atoms with van der Waals surface area (Å²) < 4.78 is 14.0. The molecule has 0 unspecified atom stereocenters. The van der Waals surface area contributed by atoms with E-state index < -0.39 is 0 Å². The van der Waals surface area contributed by atoms with Crippen molar-refractivity contribution >= 4 is 0 Å². The standard InChI is InChI=1S/C18H18FN/c1-12(2)15-6-4-13(3)17(9-15)10-16-7-5-14(11-20)8-18(16)19/h4-9,12H,10H2,1-3H3. The molecule has 0 aromatic heterocycles. The number of hydrogen-bond donors (Lipinski definition) is 0. The smallest absolute Gasteiger partial charge is 0.128 e.